The number of rotatable bonds is 3. The molecule has 1 rings (SSSR count). The first-order valence-corrected chi connectivity index (χ1v) is 6.70. The van der Waals surface area contributed by atoms with E-state index in [0.29, 0.717) is 0 Å². The summed E-state index contributed by atoms with van der Waals surface area (Å²) in [4.78, 5) is 23.6. The third-order valence-electron chi connectivity index (χ3n) is 3.89. The van der Waals surface area contributed by atoms with E-state index < -0.39 is 22.8 Å². The summed E-state index contributed by atoms with van der Waals surface area (Å²) in [5.74, 6) is -1.07. The lowest BCUT2D eigenvalue weighted by Crippen LogP contribution is -2.53. The summed E-state index contributed by atoms with van der Waals surface area (Å²) < 4.78 is 0. The molecular formula is C14H25NO3. The quantitative estimate of drug-likeness (QED) is 0.814. The van der Waals surface area contributed by atoms with Gasteiger partial charge in [0.05, 0.1) is 0 Å². The van der Waals surface area contributed by atoms with Crippen LogP contribution in [0.4, 0.5) is 0 Å². The van der Waals surface area contributed by atoms with Crippen molar-refractivity contribution in [2.75, 3.05) is 0 Å². The number of hydrogen-bond donors (Lipinski definition) is 2. The van der Waals surface area contributed by atoms with Gasteiger partial charge in [-0.15, -0.1) is 0 Å². The zero-order valence-corrected chi connectivity index (χ0v) is 11.9. The van der Waals surface area contributed by atoms with Gasteiger partial charge in [-0.3, -0.25) is 4.79 Å². The number of aliphatic carboxylic acids is 1. The third kappa shape index (κ3) is 3.47. The molecule has 2 N–H and O–H groups in total. The Morgan fingerprint density at radius 1 is 1.17 bits per heavy atom. The SMILES string of the molecule is CC1(C(=O)N[C@@H](C(=O)O)C(C)(C)C)CCCCC1. The average Bonchev–Trinajstić information content (AvgIpc) is 2.24. The van der Waals surface area contributed by atoms with Crippen LogP contribution in [0, 0.1) is 10.8 Å². The number of amides is 1. The van der Waals surface area contributed by atoms with Crippen LogP contribution < -0.4 is 5.32 Å². The molecule has 0 aliphatic heterocycles. The largest absolute Gasteiger partial charge is 0.480 e. The minimum Gasteiger partial charge on any atom is -0.480 e. The van der Waals surface area contributed by atoms with Crippen LogP contribution >= 0.6 is 0 Å². The smallest absolute Gasteiger partial charge is 0.326 e. The predicted molar refractivity (Wildman–Crippen MR) is 70.2 cm³/mol. The molecule has 4 nitrogen and oxygen atoms in total. The van der Waals surface area contributed by atoms with Crippen molar-refractivity contribution in [1.82, 2.24) is 5.32 Å². The Bertz CT molecular complexity index is 324. The van der Waals surface area contributed by atoms with Crippen molar-refractivity contribution in [1.29, 1.82) is 0 Å². The fourth-order valence-electron chi connectivity index (χ4n) is 2.51. The summed E-state index contributed by atoms with van der Waals surface area (Å²) in [6, 6.07) is -0.830. The van der Waals surface area contributed by atoms with Gasteiger partial charge in [-0.25, -0.2) is 4.79 Å². The third-order valence-corrected chi connectivity index (χ3v) is 3.89. The molecule has 0 spiro atoms. The number of carbonyl (C=O) groups is 2. The van der Waals surface area contributed by atoms with E-state index in [1.165, 1.54) is 6.42 Å². The van der Waals surface area contributed by atoms with E-state index in [-0.39, 0.29) is 5.91 Å². The summed E-state index contributed by atoms with van der Waals surface area (Å²) in [6.07, 6.45) is 4.99. The van der Waals surface area contributed by atoms with E-state index in [4.69, 9.17) is 0 Å². The highest BCUT2D eigenvalue weighted by Crippen LogP contribution is 2.36. The highest BCUT2D eigenvalue weighted by molar-refractivity contribution is 5.87. The van der Waals surface area contributed by atoms with Crippen molar-refractivity contribution >= 4 is 11.9 Å². The van der Waals surface area contributed by atoms with E-state index in [9.17, 15) is 14.7 Å². The molecule has 1 saturated carbocycles. The van der Waals surface area contributed by atoms with Crippen molar-refractivity contribution in [3.63, 3.8) is 0 Å². The lowest BCUT2D eigenvalue weighted by Gasteiger charge is -2.35. The minimum atomic E-state index is -0.963. The minimum absolute atomic E-state index is 0.107. The molecule has 0 aromatic carbocycles. The second-order valence-electron chi connectivity index (χ2n) is 6.73. The highest BCUT2D eigenvalue weighted by Gasteiger charge is 2.39. The lowest BCUT2D eigenvalue weighted by atomic mass is 9.74. The summed E-state index contributed by atoms with van der Waals surface area (Å²) in [5.41, 5.74) is -0.871. The van der Waals surface area contributed by atoms with Gasteiger partial charge in [0.1, 0.15) is 6.04 Å². The van der Waals surface area contributed by atoms with Gasteiger partial charge in [-0.1, -0.05) is 47.0 Å². The van der Waals surface area contributed by atoms with Gasteiger partial charge in [-0.05, 0) is 18.3 Å². The van der Waals surface area contributed by atoms with Crippen LogP contribution in [0.15, 0.2) is 0 Å². The van der Waals surface area contributed by atoms with Crippen LogP contribution in [-0.4, -0.2) is 23.0 Å². The predicted octanol–water partition coefficient (Wildman–Crippen LogP) is 2.57. The van der Waals surface area contributed by atoms with Gasteiger partial charge >= 0.3 is 5.97 Å². The molecule has 0 saturated heterocycles. The second-order valence-corrected chi connectivity index (χ2v) is 6.73. The lowest BCUT2D eigenvalue weighted by molar-refractivity contribution is -0.147. The maximum atomic E-state index is 12.3. The van der Waals surface area contributed by atoms with Gasteiger partial charge in [0.15, 0.2) is 0 Å². The molecule has 1 atom stereocenters. The van der Waals surface area contributed by atoms with Crippen LogP contribution in [0.1, 0.15) is 59.8 Å². The standard InChI is InChI=1S/C14H25NO3/c1-13(2,3)10(11(16)17)15-12(18)14(4)8-6-5-7-9-14/h10H,5-9H2,1-4H3,(H,15,18)(H,16,17)/t10-/m0/s1. The summed E-state index contributed by atoms with van der Waals surface area (Å²) >= 11 is 0. The van der Waals surface area contributed by atoms with Gasteiger partial charge in [0, 0.05) is 5.41 Å². The van der Waals surface area contributed by atoms with Crippen molar-refractivity contribution in [3.8, 4) is 0 Å². The number of hydrogen-bond acceptors (Lipinski definition) is 2. The van der Waals surface area contributed by atoms with Gasteiger partial charge in [-0.2, -0.15) is 0 Å². The molecule has 0 heterocycles. The Morgan fingerprint density at radius 2 is 1.67 bits per heavy atom. The van der Waals surface area contributed by atoms with Crippen molar-refractivity contribution < 1.29 is 14.7 Å². The number of carboxylic acid groups (broad SMARTS) is 1. The molecule has 104 valence electrons. The van der Waals surface area contributed by atoms with Crippen LogP contribution in [0.3, 0.4) is 0 Å². The first-order valence-electron chi connectivity index (χ1n) is 6.70. The Morgan fingerprint density at radius 3 is 2.06 bits per heavy atom. The topological polar surface area (TPSA) is 66.4 Å². The molecule has 0 bridgehead atoms. The number of nitrogens with one attached hydrogen (secondary N) is 1. The molecule has 4 heteroatoms. The molecule has 1 amide bonds. The highest BCUT2D eigenvalue weighted by atomic mass is 16.4. The van der Waals surface area contributed by atoms with E-state index in [1.54, 1.807) is 0 Å². The molecular weight excluding hydrogens is 230 g/mol. The maximum Gasteiger partial charge on any atom is 0.326 e. The zero-order chi connectivity index (χ0) is 14.0. The van der Waals surface area contributed by atoms with E-state index in [1.807, 2.05) is 27.7 Å². The maximum absolute atomic E-state index is 12.3. The van der Waals surface area contributed by atoms with E-state index in [0.717, 1.165) is 25.7 Å². The van der Waals surface area contributed by atoms with E-state index in [2.05, 4.69) is 5.32 Å². The Balaban J connectivity index is 2.75. The van der Waals surface area contributed by atoms with Crippen LogP contribution in [0.25, 0.3) is 0 Å². The van der Waals surface area contributed by atoms with Crippen LogP contribution in [-0.2, 0) is 9.59 Å². The molecule has 1 fully saturated rings. The van der Waals surface area contributed by atoms with Crippen LogP contribution in [0.5, 0.6) is 0 Å². The van der Waals surface area contributed by atoms with Crippen molar-refractivity contribution in [2.24, 2.45) is 10.8 Å². The molecule has 0 radical (unpaired) electrons. The Labute approximate surface area is 109 Å². The first-order chi connectivity index (χ1) is 8.17. The Kier molecular flexibility index (Phi) is 4.41. The molecule has 1 aliphatic carbocycles. The fraction of sp³-hybridized carbons (Fsp3) is 0.857. The van der Waals surface area contributed by atoms with Gasteiger partial charge in [0.25, 0.3) is 0 Å². The number of carboxylic acids is 1. The molecule has 0 unspecified atom stereocenters. The van der Waals surface area contributed by atoms with E-state index >= 15 is 0 Å². The summed E-state index contributed by atoms with van der Waals surface area (Å²) in [6.45, 7) is 7.43. The second kappa shape index (κ2) is 5.29. The van der Waals surface area contributed by atoms with Crippen LogP contribution in [0.2, 0.25) is 0 Å². The molecule has 0 aromatic heterocycles. The summed E-state index contributed by atoms with van der Waals surface area (Å²) in [5, 5.41) is 12.0. The molecule has 1 aliphatic rings. The number of carbonyl (C=O) groups excluding carboxylic acids is 1. The molecule has 18 heavy (non-hydrogen) atoms. The first kappa shape index (κ1) is 15.0. The average molecular weight is 255 g/mol. The monoisotopic (exact) mass is 255 g/mol. The summed E-state index contributed by atoms with van der Waals surface area (Å²) in [7, 11) is 0. The van der Waals surface area contributed by atoms with Gasteiger partial charge in [0.2, 0.25) is 5.91 Å². The van der Waals surface area contributed by atoms with Crippen molar-refractivity contribution in [2.45, 2.75) is 65.8 Å². The zero-order valence-electron chi connectivity index (χ0n) is 11.9. The normalized spacial score (nSPS) is 21.1. The van der Waals surface area contributed by atoms with Crippen molar-refractivity contribution in [3.05, 3.63) is 0 Å². The Hall–Kier alpha value is -1.06. The molecule has 0 aromatic rings. The fourth-order valence-corrected chi connectivity index (χ4v) is 2.51. The van der Waals surface area contributed by atoms with Gasteiger partial charge < -0.3 is 10.4 Å².